The Kier molecular flexibility index (Phi) is 4.59. The van der Waals surface area contributed by atoms with Crippen molar-refractivity contribution in [3.05, 3.63) is 36.5 Å². The van der Waals surface area contributed by atoms with Crippen LogP contribution in [-0.2, 0) is 0 Å². The van der Waals surface area contributed by atoms with E-state index >= 15 is 0 Å². The van der Waals surface area contributed by atoms with Crippen LogP contribution in [0.25, 0.3) is 0 Å². The molecule has 0 amide bonds. The summed E-state index contributed by atoms with van der Waals surface area (Å²) in [5.41, 5.74) is 2.39. The molecule has 0 aliphatic carbocycles. The highest BCUT2D eigenvalue weighted by molar-refractivity contribution is 5.30. The molecule has 1 heteroatoms. The maximum absolute atomic E-state index is 3.70. The van der Waals surface area contributed by atoms with Crippen molar-refractivity contribution < 1.29 is 0 Å². The molecular formula is C9H15N. The Morgan fingerprint density at radius 1 is 1.40 bits per heavy atom. The molecule has 56 valence electrons. The molecule has 0 saturated heterocycles. The van der Waals surface area contributed by atoms with Gasteiger partial charge in [-0.05, 0) is 25.1 Å². The summed E-state index contributed by atoms with van der Waals surface area (Å²) in [5.74, 6) is 0. The van der Waals surface area contributed by atoms with Crippen molar-refractivity contribution in [1.29, 1.82) is 0 Å². The van der Waals surface area contributed by atoms with E-state index in [1.807, 2.05) is 26.1 Å². The van der Waals surface area contributed by atoms with Crippen LogP contribution in [-0.4, -0.2) is 13.6 Å². The molecule has 1 N–H and O–H groups in total. The zero-order valence-electron chi connectivity index (χ0n) is 6.78. The summed E-state index contributed by atoms with van der Waals surface area (Å²) in [4.78, 5) is 0. The van der Waals surface area contributed by atoms with E-state index < -0.39 is 0 Å². The zero-order valence-corrected chi connectivity index (χ0v) is 6.78. The van der Waals surface area contributed by atoms with Crippen molar-refractivity contribution in [1.82, 2.24) is 5.32 Å². The molecule has 0 fully saturated rings. The van der Waals surface area contributed by atoms with Crippen molar-refractivity contribution in [2.24, 2.45) is 0 Å². The maximum atomic E-state index is 3.70. The highest BCUT2D eigenvalue weighted by atomic mass is 14.8. The molecule has 0 aromatic rings. The average molecular weight is 137 g/mol. The monoisotopic (exact) mass is 137 g/mol. The van der Waals surface area contributed by atoms with Gasteiger partial charge in [0.1, 0.15) is 0 Å². The number of nitrogens with one attached hydrogen (secondary N) is 1. The average Bonchev–Trinajstić information content (AvgIpc) is 1.99. The summed E-state index contributed by atoms with van der Waals surface area (Å²) in [5, 5.41) is 3.06. The fraction of sp³-hybridized carbons (Fsp3) is 0.333. The molecule has 10 heavy (non-hydrogen) atoms. The molecule has 0 bridgehead atoms. The van der Waals surface area contributed by atoms with Gasteiger partial charge in [-0.25, -0.2) is 0 Å². The fourth-order valence-electron chi connectivity index (χ4n) is 0.694. The van der Waals surface area contributed by atoms with E-state index in [1.165, 1.54) is 11.1 Å². The van der Waals surface area contributed by atoms with Crippen LogP contribution < -0.4 is 5.32 Å². The lowest BCUT2D eigenvalue weighted by atomic mass is 10.1. The van der Waals surface area contributed by atoms with Crippen LogP contribution in [0.15, 0.2) is 36.5 Å². The first-order valence-electron chi connectivity index (χ1n) is 3.35. The van der Waals surface area contributed by atoms with Crippen molar-refractivity contribution in [3.8, 4) is 0 Å². The lowest BCUT2D eigenvalue weighted by Gasteiger charge is -2.02. The smallest absolute Gasteiger partial charge is 0.0204 e. The molecule has 0 heterocycles. The number of rotatable bonds is 4. The van der Waals surface area contributed by atoms with Gasteiger partial charge in [-0.1, -0.05) is 25.3 Å². The van der Waals surface area contributed by atoms with Gasteiger partial charge in [-0.3, -0.25) is 0 Å². The first kappa shape index (κ1) is 9.18. The van der Waals surface area contributed by atoms with Crippen LogP contribution in [0.1, 0.15) is 6.92 Å². The minimum atomic E-state index is 0.862. The Hall–Kier alpha value is -0.820. The van der Waals surface area contributed by atoms with E-state index in [4.69, 9.17) is 0 Å². The molecule has 0 aromatic heterocycles. The normalized spacial score (nSPS) is 12.2. The number of hydrogen-bond donors (Lipinski definition) is 1. The van der Waals surface area contributed by atoms with E-state index in [0.29, 0.717) is 0 Å². The summed E-state index contributed by atoms with van der Waals surface area (Å²) in [6.45, 7) is 10.3. The maximum Gasteiger partial charge on any atom is 0.0204 e. The van der Waals surface area contributed by atoms with E-state index in [2.05, 4.69) is 18.5 Å². The summed E-state index contributed by atoms with van der Waals surface area (Å²) < 4.78 is 0. The Labute approximate surface area is 63.1 Å². The molecule has 0 unspecified atom stereocenters. The summed E-state index contributed by atoms with van der Waals surface area (Å²) in [6.07, 6.45) is 3.70. The van der Waals surface area contributed by atoms with Gasteiger partial charge in [0.2, 0.25) is 0 Å². The first-order chi connectivity index (χ1) is 4.76. The second-order valence-corrected chi connectivity index (χ2v) is 2.15. The summed E-state index contributed by atoms with van der Waals surface area (Å²) in [6, 6.07) is 0. The Morgan fingerprint density at radius 3 is 2.30 bits per heavy atom. The predicted molar refractivity (Wildman–Crippen MR) is 47.0 cm³/mol. The van der Waals surface area contributed by atoms with Crippen molar-refractivity contribution >= 4 is 0 Å². The van der Waals surface area contributed by atoms with Crippen molar-refractivity contribution in [2.45, 2.75) is 6.92 Å². The number of hydrogen-bond acceptors (Lipinski definition) is 1. The van der Waals surface area contributed by atoms with Gasteiger partial charge >= 0.3 is 0 Å². The second-order valence-electron chi connectivity index (χ2n) is 2.15. The van der Waals surface area contributed by atoms with Crippen LogP contribution in [0.5, 0.6) is 0 Å². The molecular weight excluding hydrogens is 122 g/mol. The van der Waals surface area contributed by atoms with Crippen LogP contribution in [0, 0.1) is 0 Å². The topological polar surface area (TPSA) is 12.0 Å². The third kappa shape index (κ3) is 2.65. The van der Waals surface area contributed by atoms with Gasteiger partial charge in [-0.15, -0.1) is 0 Å². The molecule has 0 atom stereocenters. The van der Waals surface area contributed by atoms with Gasteiger partial charge in [0.15, 0.2) is 0 Å². The first-order valence-corrected chi connectivity index (χ1v) is 3.35. The van der Waals surface area contributed by atoms with Gasteiger partial charge in [0.25, 0.3) is 0 Å². The Morgan fingerprint density at radius 2 is 2.00 bits per heavy atom. The summed E-state index contributed by atoms with van der Waals surface area (Å²) >= 11 is 0. The van der Waals surface area contributed by atoms with Gasteiger partial charge in [-0.2, -0.15) is 0 Å². The Bertz CT molecular complexity index is 154. The van der Waals surface area contributed by atoms with Crippen LogP contribution in [0.2, 0.25) is 0 Å². The lowest BCUT2D eigenvalue weighted by Crippen LogP contribution is -2.09. The minimum Gasteiger partial charge on any atom is -0.316 e. The van der Waals surface area contributed by atoms with Crippen molar-refractivity contribution in [3.63, 3.8) is 0 Å². The predicted octanol–water partition coefficient (Wildman–Crippen LogP) is 1.89. The molecule has 0 radical (unpaired) electrons. The SMILES string of the molecule is C=C/C(C)=C(\C=C)CNC. The van der Waals surface area contributed by atoms with Gasteiger partial charge in [0.05, 0.1) is 0 Å². The van der Waals surface area contributed by atoms with Crippen LogP contribution in [0.4, 0.5) is 0 Å². The third-order valence-corrected chi connectivity index (χ3v) is 1.43. The molecule has 0 saturated carbocycles. The highest BCUT2D eigenvalue weighted by Crippen LogP contribution is 2.03. The second kappa shape index (κ2) is 5.00. The molecule has 0 aliphatic rings. The number of allylic oxidation sites excluding steroid dienone is 2. The number of likely N-dealkylation sites (N-methyl/N-ethyl adjacent to an activating group) is 1. The molecule has 0 spiro atoms. The van der Waals surface area contributed by atoms with Gasteiger partial charge in [0, 0.05) is 6.54 Å². The fourth-order valence-corrected chi connectivity index (χ4v) is 0.694. The highest BCUT2D eigenvalue weighted by Gasteiger charge is 1.91. The summed E-state index contributed by atoms with van der Waals surface area (Å²) in [7, 11) is 1.92. The standard InChI is InChI=1S/C9H15N/c1-5-8(3)9(6-2)7-10-4/h5-6,10H,1-2,7H2,3-4H3/b9-8+. The van der Waals surface area contributed by atoms with Crippen molar-refractivity contribution in [2.75, 3.05) is 13.6 Å². The molecule has 0 aromatic carbocycles. The molecule has 0 rings (SSSR count). The quantitative estimate of drug-likeness (QED) is 0.583. The zero-order chi connectivity index (χ0) is 7.98. The lowest BCUT2D eigenvalue weighted by molar-refractivity contribution is 0.890. The Balaban J connectivity index is 4.28. The van der Waals surface area contributed by atoms with E-state index in [0.717, 1.165) is 6.54 Å². The van der Waals surface area contributed by atoms with Crippen LogP contribution in [0.3, 0.4) is 0 Å². The van der Waals surface area contributed by atoms with E-state index in [-0.39, 0.29) is 0 Å². The van der Waals surface area contributed by atoms with Crippen LogP contribution >= 0.6 is 0 Å². The van der Waals surface area contributed by atoms with E-state index in [1.54, 1.807) is 0 Å². The third-order valence-electron chi connectivity index (χ3n) is 1.43. The molecule has 0 aliphatic heterocycles. The van der Waals surface area contributed by atoms with Gasteiger partial charge < -0.3 is 5.32 Å². The largest absolute Gasteiger partial charge is 0.316 e. The van der Waals surface area contributed by atoms with E-state index in [9.17, 15) is 0 Å². The molecule has 1 nitrogen and oxygen atoms in total. The minimum absolute atomic E-state index is 0.862.